The molecule has 0 aliphatic carbocycles. The summed E-state index contributed by atoms with van der Waals surface area (Å²) in [5, 5.41) is 0.369. The highest BCUT2D eigenvalue weighted by Crippen LogP contribution is 2.31. The van der Waals surface area contributed by atoms with E-state index in [-0.39, 0.29) is 49.4 Å². The number of nitrogens with two attached hydrogens (primary N) is 1. The van der Waals surface area contributed by atoms with Crippen LogP contribution in [0.2, 0.25) is 10.0 Å². The molecule has 0 spiro atoms. The minimum absolute atomic E-state index is 0.0909. The second-order valence-electron chi connectivity index (χ2n) is 6.77. The predicted octanol–water partition coefficient (Wildman–Crippen LogP) is 2.38. The van der Waals surface area contributed by atoms with E-state index in [9.17, 15) is 18.0 Å². The molecule has 0 unspecified atom stereocenters. The summed E-state index contributed by atoms with van der Waals surface area (Å²) in [6.45, 7) is 1.04. The number of halogens is 2. The van der Waals surface area contributed by atoms with Crippen molar-refractivity contribution in [2.75, 3.05) is 32.8 Å². The van der Waals surface area contributed by atoms with Gasteiger partial charge in [0.15, 0.2) is 5.76 Å². The number of ether oxygens (including phenoxy) is 1. The Morgan fingerprint density at radius 1 is 1.10 bits per heavy atom. The Balaban J connectivity index is 1.46. The number of rotatable bonds is 8. The van der Waals surface area contributed by atoms with Crippen molar-refractivity contribution in [1.82, 2.24) is 9.21 Å². The molecule has 0 atom stereocenters. The number of nitrogens with zero attached hydrogens (tertiary/aromatic N) is 2. The van der Waals surface area contributed by atoms with Crippen molar-refractivity contribution in [3.05, 3.63) is 46.1 Å². The zero-order chi connectivity index (χ0) is 22.6. The van der Waals surface area contributed by atoms with Crippen LogP contribution in [0.1, 0.15) is 23.4 Å². The summed E-state index contributed by atoms with van der Waals surface area (Å²) in [5.41, 5.74) is 5.09. The number of carbonyl (C=O) groups excluding carboxylic acids is 2. The van der Waals surface area contributed by atoms with E-state index in [0.29, 0.717) is 28.8 Å². The van der Waals surface area contributed by atoms with Crippen LogP contribution in [0.4, 0.5) is 0 Å². The maximum Gasteiger partial charge on any atom is 0.284 e. The van der Waals surface area contributed by atoms with Gasteiger partial charge in [0.2, 0.25) is 11.0 Å². The number of furan rings is 1. The van der Waals surface area contributed by atoms with Crippen LogP contribution in [0.25, 0.3) is 0 Å². The van der Waals surface area contributed by atoms with Crippen LogP contribution in [0.3, 0.4) is 0 Å². The molecule has 1 aliphatic rings. The second-order valence-corrected chi connectivity index (χ2v) is 9.43. The van der Waals surface area contributed by atoms with E-state index < -0.39 is 15.9 Å². The fourth-order valence-electron chi connectivity index (χ4n) is 3.06. The Morgan fingerprint density at radius 3 is 2.45 bits per heavy atom. The first kappa shape index (κ1) is 23.4. The molecular weight excluding hydrogens is 469 g/mol. The van der Waals surface area contributed by atoms with Gasteiger partial charge in [-0.25, -0.2) is 8.42 Å². The second kappa shape index (κ2) is 9.90. The molecule has 1 aromatic heterocycles. The fraction of sp³-hybridized carbons (Fsp3) is 0.368. The predicted molar refractivity (Wildman–Crippen MR) is 114 cm³/mol. The minimum atomic E-state index is -3.91. The van der Waals surface area contributed by atoms with Gasteiger partial charge in [0.05, 0.1) is 11.6 Å². The first-order valence-electron chi connectivity index (χ1n) is 9.44. The third-order valence-electron chi connectivity index (χ3n) is 4.72. The van der Waals surface area contributed by atoms with Gasteiger partial charge in [-0.05, 0) is 30.7 Å². The maximum absolute atomic E-state index is 12.6. The lowest BCUT2D eigenvalue weighted by atomic mass is 10.2. The molecule has 12 heteroatoms. The van der Waals surface area contributed by atoms with E-state index in [1.165, 1.54) is 16.4 Å². The third-order valence-corrected chi connectivity index (χ3v) is 7.29. The molecule has 168 valence electrons. The molecule has 0 saturated carbocycles. The van der Waals surface area contributed by atoms with Crippen molar-refractivity contribution in [3.8, 4) is 5.75 Å². The first-order chi connectivity index (χ1) is 14.7. The Kier molecular flexibility index (Phi) is 7.47. The summed E-state index contributed by atoms with van der Waals surface area (Å²) in [4.78, 5) is 25.1. The highest BCUT2D eigenvalue weighted by molar-refractivity contribution is 7.89. The van der Waals surface area contributed by atoms with Crippen LogP contribution >= 0.6 is 23.2 Å². The number of hydrogen-bond donors (Lipinski definition) is 1. The van der Waals surface area contributed by atoms with Gasteiger partial charge in [-0.1, -0.05) is 29.3 Å². The zero-order valence-electron chi connectivity index (χ0n) is 16.4. The number of amides is 2. The molecule has 1 aromatic carbocycles. The fourth-order valence-corrected chi connectivity index (χ4v) is 4.74. The van der Waals surface area contributed by atoms with Crippen molar-refractivity contribution in [1.29, 1.82) is 0 Å². The van der Waals surface area contributed by atoms with Gasteiger partial charge < -0.3 is 19.8 Å². The molecule has 2 aromatic rings. The molecule has 0 radical (unpaired) electrons. The first-order valence-corrected chi connectivity index (χ1v) is 11.6. The van der Waals surface area contributed by atoms with Crippen molar-refractivity contribution >= 4 is 45.0 Å². The zero-order valence-corrected chi connectivity index (χ0v) is 18.8. The van der Waals surface area contributed by atoms with Crippen molar-refractivity contribution in [2.24, 2.45) is 5.73 Å². The van der Waals surface area contributed by atoms with Crippen LogP contribution in [0.15, 0.2) is 39.8 Å². The van der Waals surface area contributed by atoms with Crippen molar-refractivity contribution in [2.45, 2.75) is 17.9 Å². The number of primary amides is 1. The molecule has 2 amide bonds. The summed E-state index contributed by atoms with van der Waals surface area (Å²) < 4.78 is 37.1. The average molecular weight is 490 g/mol. The van der Waals surface area contributed by atoms with Gasteiger partial charge >= 0.3 is 0 Å². The highest BCUT2D eigenvalue weighted by atomic mass is 35.5. The van der Waals surface area contributed by atoms with Crippen LogP contribution in [-0.2, 0) is 14.8 Å². The number of hydrogen-bond acceptors (Lipinski definition) is 6. The van der Waals surface area contributed by atoms with Gasteiger partial charge in [0, 0.05) is 32.6 Å². The van der Waals surface area contributed by atoms with Crippen LogP contribution in [0.5, 0.6) is 5.75 Å². The normalized spacial score (nSPS) is 15.1. The average Bonchev–Trinajstić information content (AvgIpc) is 3.25. The summed E-state index contributed by atoms with van der Waals surface area (Å²) >= 11 is 12.0. The molecule has 2 heterocycles. The van der Waals surface area contributed by atoms with Crippen LogP contribution in [0, 0.1) is 0 Å². The number of piperazine rings is 1. The molecule has 1 fully saturated rings. The molecule has 0 bridgehead atoms. The molecule has 9 nitrogen and oxygen atoms in total. The lowest BCUT2D eigenvalue weighted by Gasteiger charge is -2.33. The van der Waals surface area contributed by atoms with E-state index >= 15 is 0 Å². The monoisotopic (exact) mass is 489 g/mol. The third kappa shape index (κ3) is 5.51. The topological polar surface area (TPSA) is 123 Å². The van der Waals surface area contributed by atoms with Gasteiger partial charge in [-0.3, -0.25) is 9.59 Å². The van der Waals surface area contributed by atoms with Gasteiger partial charge in [-0.15, -0.1) is 0 Å². The van der Waals surface area contributed by atoms with Crippen LogP contribution in [-0.4, -0.2) is 62.2 Å². The summed E-state index contributed by atoms with van der Waals surface area (Å²) in [5.74, 6) is -0.711. The molecule has 3 rings (SSSR count). The Hall–Kier alpha value is -2.27. The van der Waals surface area contributed by atoms with Crippen molar-refractivity contribution in [3.63, 3.8) is 0 Å². The van der Waals surface area contributed by atoms with Crippen LogP contribution < -0.4 is 10.5 Å². The Morgan fingerprint density at radius 2 is 1.81 bits per heavy atom. The summed E-state index contributed by atoms with van der Waals surface area (Å²) in [6, 6.07) is 7.48. The highest BCUT2D eigenvalue weighted by Gasteiger charge is 2.32. The summed E-state index contributed by atoms with van der Waals surface area (Å²) in [7, 11) is -3.91. The molecular formula is C19H21Cl2N3O6S. The smallest absolute Gasteiger partial charge is 0.284 e. The minimum Gasteiger partial charge on any atom is -0.492 e. The van der Waals surface area contributed by atoms with Gasteiger partial charge in [-0.2, -0.15) is 4.31 Å². The standard InChI is InChI=1S/C19H21Cl2N3O6S/c20-13-3-1-4-14(18(13)21)29-12-2-5-16(25)23-8-10-24(11-9-23)31(27,28)17-7-6-15(30-17)19(22)26/h1,3-4,6-7H,2,5,8-12H2,(H2,22,26). The van der Waals surface area contributed by atoms with E-state index in [1.54, 1.807) is 23.1 Å². The molecule has 31 heavy (non-hydrogen) atoms. The quantitative estimate of drug-likeness (QED) is 0.567. The molecule has 1 aliphatic heterocycles. The summed E-state index contributed by atoms with van der Waals surface area (Å²) in [6.07, 6.45) is 0.730. The van der Waals surface area contributed by atoms with Gasteiger partial charge in [0.25, 0.3) is 15.9 Å². The van der Waals surface area contributed by atoms with E-state index in [2.05, 4.69) is 0 Å². The SMILES string of the molecule is NC(=O)c1ccc(S(=O)(=O)N2CCN(C(=O)CCCOc3cccc(Cl)c3Cl)CC2)o1. The molecule has 1 saturated heterocycles. The number of carbonyl (C=O) groups is 2. The van der Waals surface area contributed by atoms with E-state index in [1.807, 2.05) is 0 Å². The number of benzene rings is 1. The van der Waals surface area contributed by atoms with E-state index in [0.717, 1.165) is 0 Å². The maximum atomic E-state index is 12.6. The van der Waals surface area contributed by atoms with E-state index in [4.69, 9.17) is 38.1 Å². The lowest BCUT2D eigenvalue weighted by Crippen LogP contribution is -2.50. The van der Waals surface area contributed by atoms with Crippen molar-refractivity contribution < 1.29 is 27.2 Å². The largest absolute Gasteiger partial charge is 0.492 e. The lowest BCUT2D eigenvalue weighted by molar-refractivity contribution is -0.132. The van der Waals surface area contributed by atoms with Gasteiger partial charge in [0.1, 0.15) is 10.8 Å². The molecule has 2 N–H and O–H groups in total. The Labute approximate surface area is 189 Å². The Bertz CT molecular complexity index is 1060. The number of sulfonamides is 1.